The molecule has 116 valence electrons. The molecule has 2 aliphatic carbocycles. The summed E-state index contributed by atoms with van der Waals surface area (Å²) in [4.78, 5) is 11.6. The van der Waals surface area contributed by atoms with E-state index in [0.717, 1.165) is 12.8 Å². The lowest BCUT2D eigenvalue weighted by Gasteiger charge is -2.19. The molecule has 2 fully saturated rings. The van der Waals surface area contributed by atoms with Crippen molar-refractivity contribution in [3.05, 3.63) is 0 Å². The van der Waals surface area contributed by atoms with Crippen LogP contribution in [0.3, 0.4) is 0 Å². The zero-order valence-electron chi connectivity index (χ0n) is 12.1. The van der Waals surface area contributed by atoms with Gasteiger partial charge in [-0.15, -0.1) is 0 Å². The van der Waals surface area contributed by atoms with Crippen LogP contribution in [0.2, 0.25) is 0 Å². The number of ether oxygens (including phenoxy) is 1. The summed E-state index contributed by atoms with van der Waals surface area (Å²) in [5, 5.41) is -0.612. The predicted molar refractivity (Wildman–Crippen MR) is 76.6 cm³/mol. The Morgan fingerprint density at radius 1 is 1.15 bits per heavy atom. The minimum absolute atomic E-state index is 0.395. The maximum Gasteiger partial charge on any atom is 0.310 e. The molecule has 0 aromatic carbocycles. The first-order chi connectivity index (χ1) is 9.54. The Morgan fingerprint density at radius 2 is 1.85 bits per heavy atom. The van der Waals surface area contributed by atoms with E-state index in [1.54, 1.807) is 0 Å². The monoisotopic (exact) mass is 303 g/mol. The summed E-state index contributed by atoms with van der Waals surface area (Å²) >= 11 is 0. The number of rotatable bonds is 6. The molecule has 0 aromatic heterocycles. The summed E-state index contributed by atoms with van der Waals surface area (Å²) < 4.78 is 32.1. The molecule has 0 bridgehead atoms. The van der Waals surface area contributed by atoms with Crippen molar-refractivity contribution in [2.45, 2.75) is 56.6 Å². The van der Waals surface area contributed by atoms with Crippen LogP contribution in [0.4, 0.5) is 0 Å². The number of sulfonamides is 1. The smallest absolute Gasteiger partial charge is 0.310 e. The molecule has 0 heterocycles. The Morgan fingerprint density at radius 3 is 2.50 bits per heavy atom. The molecule has 0 aliphatic heterocycles. The van der Waals surface area contributed by atoms with Crippen molar-refractivity contribution in [3.63, 3.8) is 0 Å². The van der Waals surface area contributed by atoms with E-state index in [-0.39, 0.29) is 0 Å². The number of esters is 1. The number of hydrogen-bond donors (Lipinski definition) is 1. The number of carbonyl (C=O) groups excluding carboxylic acids is 1. The van der Waals surface area contributed by atoms with Crippen LogP contribution in [0.5, 0.6) is 0 Å². The first-order valence-electron chi connectivity index (χ1n) is 7.61. The van der Waals surface area contributed by atoms with Gasteiger partial charge in [0.1, 0.15) is 0 Å². The lowest BCUT2D eigenvalue weighted by molar-refractivity contribution is -0.145. The Kier molecular flexibility index (Phi) is 5.43. The predicted octanol–water partition coefficient (Wildman–Crippen LogP) is 1.83. The van der Waals surface area contributed by atoms with E-state index >= 15 is 0 Å². The van der Waals surface area contributed by atoms with Gasteiger partial charge >= 0.3 is 5.97 Å². The van der Waals surface area contributed by atoms with E-state index in [9.17, 15) is 13.2 Å². The second-order valence-corrected chi connectivity index (χ2v) is 7.96. The molecule has 0 amide bonds. The van der Waals surface area contributed by atoms with E-state index in [2.05, 4.69) is 4.72 Å². The molecular weight excluding hydrogens is 278 g/mol. The average molecular weight is 303 g/mol. The minimum Gasteiger partial charge on any atom is -0.469 e. The van der Waals surface area contributed by atoms with Gasteiger partial charge in [-0.3, -0.25) is 4.79 Å². The Hall–Kier alpha value is -0.620. The summed E-state index contributed by atoms with van der Waals surface area (Å²) in [6.07, 6.45) is 7.82. The lowest BCUT2D eigenvalue weighted by atomic mass is 10.1. The fraction of sp³-hybridized carbons (Fsp3) is 0.929. The van der Waals surface area contributed by atoms with Gasteiger partial charge in [0, 0.05) is 6.54 Å². The van der Waals surface area contributed by atoms with Crippen molar-refractivity contribution in [1.29, 1.82) is 0 Å². The van der Waals surface area contributed by atoms with Crippen LogP contribution in [-0.4, -0.2) is 33.3 Å². The number of hydrogen-bond acceptors (Lipinski definition) is 4. The highest BCUT2D eigenvalue weighted by Gasteiger charge is 2.42. The normalized spacial score (nSPS) is 27.9. The summed E-state index contributed by atoms with van der Waals surface area (Å²) in [6.45, 7) is 0.497. The lowest BCUT2D eigenvalue weighted by Crippen LogP contribution is -2.40. The molecule has 6 heteroatoms. The molecule has 2 atom stereocenters. The van der Waals surface area contributed by atoms with Gasteiger partial charge in [-0.25, -0.2) is 13.1 Å². The van der Waals surface area contributed by atoms with Crippen LogP contribution < -0.4 is 4.72 Å². The second-order valence-electron chi connectivity index (χ2n) is 5.98. The zero-order valence-corrected chi connectivity index (χ0v) is 13.0. The summed E-state index contributed by atoms with van der Waals surface area (Å²) in [7, 11) is -2.09. The van der Waals surface area contributed by atoms with Gasteiger partial charge in [0.05, 0.1) is 18.3 Å². The Balaban J connectivity index is 1.86. The van der Waals surface area contributed by atoms with Gasteiger partial charge < -0.3 is 4.74 Å². The third kappa shape index (κ3) is 3.73. The van der Waals surface area contributed by atoms with Gasteiger partial charge in [-0.1, -0.05) is 32.1 Å². The highest BCUT2D eigenvalue weighted by atomic mass is 32.2. The molecule has 2 rings (SSSR count). The van der Waals surface area contributed by atoms with Gasteiger partial charge in [0.15, 0.2) is 0 Å². The molecule has 5 nitrogen and oxygen atoms in total. The topological polar surface area (TPSA) is 72.5 Å². The highest BCUT2D eigenvalue weighted by molar-refractivity contribution is 7.90. The zero-order chi connectivity index (χ0) is 14.6. The van der Waals surface area contributed by atoms with Crippen LogP contribution in [0.15, 0.2) is 0 Å². The SMILES string of the molecule is COC(=O)C1CCCC1S(=O)(=O)NCCC1CCCC1. The molecule has 2 unspecified atom stereocenters. The molecule has 0 aromatic rings. The number of methoxy groups -OCH3 is 1. The van der Waals surface area contributed by atoms with Crippen LogP contribution >= 0.6 is 0 Å². The van der Waals surface area contributed by atoms with Crippen molar-refractivity contribution < 1.29 is 17.9 Å². The Labute approximate surface area is 121 Å². The molecule has 1 N–H and O–H groups in total. The maximum absolute atomic E-state index is 12.3. The van der Waals surface area contributed by atoms with E-state index in [1.807, 2.05) is 0 Å². The first kappa shape index (κ1) is 15.8. The molecular formula is C14H25NO4S. The van der Waals surface area contributed by atoms with Gasteiger partial charge in [0.2, 0.25) is 10.0 Å². The molecule has 20 heavy (non-hydrogen) atoms. The quantitative estimate of drug-likeness (QED) is 0.760. The van der Waals surface area contributed by atoms with E-state index in [1.165, 1.54) is 32.8 Å². The van der Waals surface area contributed by atoms with Crippen molar-refractivity contribution in [2.24, 2.45) is 11.8 Å². The highest BCUT2D eigenvalue weighted by Crippen LogP contribution is 2.32. The van der Waals surface area contributed by atoms with Crippen molar-refractivity contribution >= 4 is 16.0 Å². The summed E-state index contributed by atoms with van der Waals surface area (Å²) in [5.74, 6) is -0.227. The number of nitrogens with one attached hydrogen (secondary N) is 1. The van der Waals surface area contributed by atoms with Gasteiger partial charge in [-0.05, 0) is 25.2 Å². The molecule has 2 saturated carbocycles. The van der Waals surface area contributed by atoms with Crippen molar-refractivity contribution in [2.75, 3.05) is 13.7 Å². The van der Waals surface area contributed by atoms with Crippen LogP contribution in [-0.2, 0) is 19.6 Å². The third-order valence-electron chi connectivity index (χ3n) is 4.69. The van der Waals surface area contributed by atoms with Gasteiger partial charge in [0.25, 0.3) is 0 Å². The molecule has 0 radical (unpaired) electrons. The standard InChI is InChI=1S/C14H25NO4S/c1-19-14(16)12-7-4-8-13(12)20(17,18)15-10-9-11-5-2-3-6-11/h11-13,15H,2-10H2,1H3. The molecule has 2 aliphatic rings. The van der Waals surface area contributed by atoms with E-state index < -0.39 is 27.2 Å². The third-order valence-corrected chi connectivity index (χ3v) is 6.65. The molecule has 0 saturated heterocycles. The fourth-order valence-corrected chi connectivity index (χ4v) is 5.30. The minimum atomic E-state index is -3.41. The Bertz CT molecular complexity index is 428. The average Bonchev–Trinajstić information content (AvgIpc) is 3.08. The van der Waals surface area contributed by atoms with Crippen LogP contribution in [0.25, 0.3) is 0 Å². The number of carbonyl (C=O) groups is 1. The van der Waals surface area contributed by atoms with Crippen LogP contribution in [0.1, 0.15) is 51.4 Å². The maximum atomic E-state index is 12.3. The van der Waals surface area contributed by atoms with Crippen molar-refractivity contribution in [3.8, 4) is 0 Å². The van der Waals surface area contributed by atoms with E-state index in [0.29, 0.717) is 25.3 Å². The fourth-order valence-electron chi connectivity index (χ4n) is 3.53. The second kappa shape index (κ2) is 6.89. The van der Waals surface area contributed by atoms with Gasteiger partial charge in [-0.2, -0.15) is 0 Å². The summed E-state index contributed by atoms with van der Waals surface area (Å²) in [6, 6.07) is 0. The van der Waals surface area contributed by atoms with Crippen molar-refractivity contribution in [1.82, 2.24) is 4.72 Å². The largest absolute Gasteiger partial charge is 0.469 e. The summed E-state index contributed by atoms with van der Waals surface area (Å²) in [5.41, 5.74) is 0. The first-order valence-corrected chi connectivity index (χ1v) is 9.15. The molecule has 0 spiro atoms. The van der Waals surface area contributed by atoms with E-state index in [4.69, 9.17) is 4.74 Å². The van der Waals surface area contributed by atoms with Crippen LogP contribution in [0, 0.1) is 11.8 Å².